The van der Waals surface area contributed by atoms with E-state index in [4.69, 9.17) is 0 Å². The van der Waals surface area contributed by atoms with Crippen molar-refractivity contribution in [2.75, 3.05) is 0 Å². The fourth-order valence-corrected chi connectivity index (χ4v) is 1.43. The smallest absolute Gasteiger partial charge is 0.0740 e. The Morgan fingerprint density at radius 3 is 2.36 bits per heavy atom. The van der Waals surface area contributed by atoms with Gasteiger partial charge in [-0.05, 0) is 35.0 Å². The van der Waals surface area contributed by atoms with E-state index in [1.165, 1.54) is 0 Å². The number of hydrogen-bond acceptors (Lipinski definition) is 1. The molecule has 0 bridgehead atoms. The lowest BCUT2D eigenvalue weighted by Crippen LogP contribution is -1.93. The molecule has 0 aliphatic carbocycles. The van der Waals surface area contributed by atoms with Gasteiger partial charge in [0.05, 0.1) is 15.9 Å². The predicted octanol–water partition coefficient (Wildman–Crippen LogP) is 3.52. The summed E-state index contributed by atoms with van der Waals surface area (Å²) >= 11 is 3.43. The van der Waals surface area contributed by atoms with Crippen molar-refractivity contribution in [1.82, 2.24) is 9.78 Å². The van der Waals surface area contributed by atoms with Gasteiger partial charge in [0.1, 0.15) is 0 Å². The van der Waals surface area contributed by atoms with Crippen LogP contribution in [0, 0.1) is 6.92 Å². The van der Waals surface area contributed by atoms with Crippen molar-refractivity contribution in [3.63, 3.8) is 0 Å². The summed E-state index contributed by atoms with van der Waals surface area (Å²) in [5, 5.41) is 4.35. The fourth-order valence-electron chi connectivity index (χ4n) is 1.15. The van der Waals surface area contributed by atoms with Gasteiger partial charge in [-0.3, -0.25) is 0 Å². The van der Waals surface area contributed by atoms with E-state index >= 15 is 0 Å². The minimum absolute atomic E-state index is 0. The van der Waals surface area contributed by atoms with Gasteiger partial charge in [0.25, 0.3) is 0 Å². The number of halogens is 2. The van der Waals surface area contributed by atoms with E-state index in [0.29, 0.717) is 0 Å². The van der Waals surface area contributed by atoms with Crippen LogP contribution in [0.4, 0.5) is 0 Å². The standard InChI is InChI=1S/C10H9BrN2.BrH/c1-8-10(11)7-13(12-8)9-5-3-2-4-6-9;/h2-7H,1H3;1H. The molecular weight excluding hydrogens is 308 g/mol. The molecular formula is C10H10Br2N2. The quantitative estimate of drug-likeness (QED) is 0.787. The van der Waals surface area contributed by atoms with Gasteiger partial charge in [0.2, 0.25) is 0 Å². The van der Waals surface area contributed by atoms with Crippen molar-refractivity contribution in [3.05, 3.63) is 46.7 Å². The van der Waals surface area contributed by atoms with Crippen molar-refractivity contribution in [1.29, 1.82) is 0 Å². The van der Waals surface area contributed by atoms with Gasteiger partial charge in [-0.25, -0.2) is 4.68 Å². The largest absolute Gasteiger partial charge is 0.240 e. The molecule has 74 valence electrons. The highest BCUT2D eigenvalue weighted by Crippen LogP contribution is 2.16. The summed E-state index contributed by atoms with van der Waals surface area (Å²) in [7, 11) is 0. The summed E-state index contributed by atoms with van der Waals surface area (Å²) in [6, 6.07) is 10.0. The van der Waals surface area contributed by atoms with E-state index < -0.39 is 0 Å². The van der Waals surface area contributed by atoms with Gasteiger partial charge >= 0.3 is 0 Å². The molecule has 0 radical (unpaired) electrons. The van der Waals surface area contributed by atoms with E-state index in [1.54, 1.807) is 0 Å². The first kappa shape index (κ1) is 11.5. The highest BCUT2D eigenvalue weighted by Gasteiger charge is 2.01. The Labute approximate surface area is 102 Å². The molecule has 4 heteroatoms. The maximum Gasteiger partial charge on any atom is 0.0740 e. The summed E-state index contributed by atoms with van der Waals surface area (Å²) < 4.78 is 2.90. The van der Waals surface area contributed by atoms with Gasteiger partial charge in [0.15, 0.2) is 0 Å². The molecule has 0 saturated carbocycles. The van der Waals surface area contributed by atoms with Crippen molar-refractivity contribution >= 4 is 32.9 Å². The molecule has 1 aromatic heterocycles. The summed E-state index contributed by atoms with van der Waals surface area (Å²) in [5.74, 6) is 0. The molecule has 0 N–H and O–H groups in total. The van der Waals surface area contributed by atoms with E-state index in [0.717, 1.165) is 15.9 Å². The number of rotatable bonds is 1. The van der Waals surface area contributed by atoms with Crippen molar-refractivity contribution < 1.29 is 0 Å². The van der Waals surface area contributed by atoms with Gasteiger partial charge in [0, 0.05) is 6.20 Å². The third kappa shape index (κ3) is 2.25. The molecule has 0 unspecified atom stereocenters. The Balaban J connectivity index is 0.000000980. The van der Waals surface area contributed by atoms with E-state index in [-0.39, 0.29) is 17.0 Å². The lowest BCUT2D eigenvalue weighted by Gasteiger charge is -1.98. The number of nitrogens with zero attached hydrogens (tertiary/aromatic N) is 2. The summed E-state index contributed by atoms with van der Waals surface area (Å²) in [6.45, 7) is 1.98. The van der Waals surface area contributed by atoms with Crippen LogP contribution < -0.4 is 0 Å². The Hall–Kier alpha value is -0.610. The van der Waals surface area contributed by atoms with Gasteiger partial charge in [-0.2, -0.15) is 5.10 Å². The topological polar surface area (TPSA) is 17.8 Å². The number of hydrogen-bond donors (Lipinski definition) is 0. The van der Waals surface area contributed by atoms with Crippen molar-refractivity contribution in [3.8, 4) is 5.69 Å². The minimum Gasteiger partial charge on any atom is -0.240 e. The molecule has 1 aromatic carbocycles. The number of aryl methyl sites for hydroxylation is 1. The van der Waals surface area contributed by atoms with Gasteiger partial charge in [-0.15, -0.1) is 17.0 Å². The third-order valence-electron chi connectivity index (χ3n) is 1.86. The number of para-hydroxylation sites is 1. The van der Waals surface area contributed by atoms with E-state index in [1.807, 2.05) is 48.1 Å². The molecule has 1 heterocycles. The molecule has 0 spiro atoms. The molecule has 2 aromatic rings. The molecule has 0 fully saturated rings. The SMILES string of the molecule is Br.Cc1nn(-c2ccccc2)cc1Br. The second kappa shape index (κ2) is 4.75. The van der Waals surface area contributed by atoms with Crippen LogP contribution in [-0.4, -0.2) is 9.78 Å². The first-order chi connectivity index (χ1) is 6.27. The highest BCUT2D eigenvalue weighted by atomic mass is 79.9. The molecule has 14 heavy (non-hydrogen) atoms. The number of benzene rings is 1. The molecule has 0 aliphatic rings. The first-order valence-corrected chi connectivity index (χ1v) is 4.84. The fraction of sp³-hybridized carbons (Fsp3) is 0.100. The summed E-state index contributed by atoms with van der Waals surface area (Å²) in [5.41, 5.74) is 2.08. The molecule has 0 saturated heterocycles. The highest BCUT2D eigenvalue weighted by molar-refractivity contribution is 9.10. The Morgan fingerprint density at radius 2 is 1.86 bits per heavy atom. The Bertz CT molecular complexity index is 390. The molecule has 0 atom stereocenters. The molecule has 2 nitrogen and oxygen atoms in total. The van der Waals surface area contributed by atoms with E-state index in [2.05, 4.69) is 21.0 Å². The lowest BCUT2D eigenvalue weighted by atomic mass is 10.3. The van der Waals surface area contributed by atoms with Crippen LogP contribution in [0.3, 0.4) is 0 Å². The average molecular weight is 318 g/mol. The van der Waals surface area contributed by atoms with Crippen molar-refractivity contribution in [2.24, 2.45) is 0 Å². The van der Waals surface area contributed by atoms with Crippen LogP contribution in [0.5, 0.6) is 0 Å². The number of aromatic nitrogens is 2. The van der Waals surface area contributed by atoms with Crippen molar-refractivity contribution in [2.45, 2.75) is 6.92 Å². The van der Waals surface area contributed by atoms with Crippen LogP contribution in [-0.2, 0) is 0 Å². The van der Waals surface area contributed by atoms with Crippen LogP contribution in [0.1, 0.15) is 5.69 Å². The van der Waals surface area contributed by atoms with Crippen LogP contribution in [0.2, 0.25) is 0 Å². The maximum atomic E-state index is 4.35. The Kier molecular flexibility index (Phi) is 3.89. The third-order valence-corrected chi connectivity index (χ3v) is 2.64. The van der Waals surface area contributed by atoms with Crippen LogP contribution >= 0.6 is 32.9 Å². The minimum atomic E-state index is 0. The van der Waals surface area contributed by atoms with E-state index in [9.17, 15) is 0 Å². The second-order valence-corrected chi connectivity index (χ2v) is 3.70. The zero-order valence-corrected chi connectivity index (χ0v) is 10.9. The molecule has 0 aliphatic heterocycles. The average Bonchev–Trinajstić information content (AvgIpc) is 2.49. The normalized spacial score (nSPS) is 9.57. The molecule has 0 amide bonds. The second-order valence-electron chi connectivity index (χ2n) is 2.84. The summed E-state index contributed by atoms with van der Waals surface area (Å²) in [4.78, 5) is 0. The maximum absolute atomic E-state index is 4.35. The Morgan fingerprint density at radius 1 is 1.21 bits per heavy atom. The first-order valence-electron chi connectivity index (χ1n) is 4.04. The van der Waals surface area contributed by atoms with Crippen LogP contribution in [0.15, 0.2) is 41.0 Å². The van der Waals surface area contributed by atoms with Gasteiger partial charge < -0.3 is 0 Å². The van der Waals surface area contributed by atoms with Crippen LogP contribution in [0.25, 0.3) is 5.69 Å². The lowest BCUT2D eigenvalue weighted by molar-refractivity contribution is 0.863. The monoisotopic (exact) mass is 316 g/mol. The summed E-state index contributed by atoms with van der Waals surface area (Å²) in [6.07, 6.45) is 1.96. The molecule has 2 rings (SSSR count). The predicted molar refractivity (Wildman–Crippen MR) is 66.3 cm³/mol. The zero-order valence-electron chi connectivity index (χ0n) is 7.64. The van der Waals surface area contributed by atoms with Gasteiger partial charge in [-0.1, -0.05) is 18.2 Å². The zero-order chi connectivity index (χ0) is 9.26.